The number of carbonyl (C=O) groups is 1. The second-order valence-electron chi connectivity index (χ2n) is 7.45. The molecule has 2 aliphatic rings. The quantitative estimate of drug-likeness (QED) is 0.576. The molecule has 0 bridgehead atoms. The van der Waals surface area contributed by atoms with Gasteiger partial charge >= 0.3 is 29.6 Å². The van der Waals surface area contributed by atoms with Crippen LogP contribution in [-0.2, 0) is 16.0 Å². The summed E-state index contributed by atoms with van der Waals surface area (Å²) in [5, 5.41) is 16.4. The molecule has 0 radical (unpaired) electrons. The zero-order chi connectivity index (χ0) is 19.6. The molecule has 1 N–H and O–H groups in total. The van der Waals surface area contributed by atoms with E-state index >= 15 is 0 Å². The first-order chi connectivity index (χ1) is 13.0. The number of nitrogens with one attached hydrogen (secondary N) is 1. The van der Waals surface area contributed by atoms with Crippen molar-refractivity contribution in [3.05, 3.63) is 40.1 Å². The van der Waals surface area contributed by atoms with Crippen LogP contribution in [0.3, 0.4) is 0 Å². The third-order valence-corrected chi connectivity index (χ3v) is 5.75. The van der Waals surface area contributed by atoms with Crippen molar-refractivity contribution in [2.75, 3.05) is 6.61 Å². The zero-order valence-electron chi connectivity index (χ0n) is 17.7. The van der Waals surface area contributed by atoms with Gasteiger partial charge in [-0.3, -0.25) is 4.79 Å². The minimum Gasteiger partial charge on any atom is -0.873 e. The van der Waals surface area contributed by atoms with E-state index < -0.39 is 5.54 Å². The summed E-state index contributed by atoms with van der Waals surface area (Å²) in [7, 11) is 0. The molecule has 4 nitrogen and oxygen atoms in total. The van der Waals surface area contributed by atoms with Crippen molar-refractivity contribution < 1.29 is 44.2 Å². The molecule has 1 spiro atoms. The van der Waals surface area contributed by atoms with E-state index in [0.717, 1.165) is 41.5 Å². The van der Waals surface area contributed by atoms with E-state index in [0.29, 0.717) is 25.0 Å². The summed E-state index contributed by atoms with van der Waals surface area (Å²) < 4.78 is 5.71. The summed E-state index contributed by atoms with van der Waals surface area (Å²) in [5.41, 5.74) is 3.24. The first-order valence-electron chi connectivity index (χ1n) is 9.88. The summed E-state index contributed by atoms with van der Waals surface area (Å²) >= 11 is 0. The third-order valence-electron chi connectivity index (χ3n) is 5.75. The molecular formula is C23H28NNaO3. The number of rotatable bonds is 4. The van der Waals surface area contributed by atoms with Crippen LogP contribution in [0.15, 0.2) is 17.9 Å². The maximum absolute atomic E-state index is 13.4. The molecule has 1 aromatic rings. The molecule has 1 heterocycles. The summed E-state index contributed by atoms with van der Waals surface area (Å²) in [6.07, 6.45) is 3.83. The SMILES string of the molecule is CC#Cc1cc(C)c(C2=C([O-])C3(CCC(OCC)CC3)NC2=O)c(CC)c1.[Na+]. The summed E-state index contributed by atoms with van der Waals surface area (Å²) in [6.45, 7) is 8.48. The van der Waals surface area contributed by atoms with Gasteiger partial charge in [0.2, 0.25) is 0 Å². The molecule has 1 aliphatic carbocycles. The van der Waals surface area contributed by atoms with Gasteiger partial charge < -0.3 is 15.2 Å². The van der Waals surface area contributed by atoms with Crippen LogP contribution in [0.5, 0.6) is 0 Å². The van der Waals surface area contributed by atoms with Gasteiger partial charge in [0.1, 0.15) is 0 Å². The fourth-order valence-electron chi connectivity index (χ4n) is 4.46. The van der Waals surface area contributed by atoms with Crippen molar-refractivity contribution in [3.63, 3.8) is 0 Å². The van der Waals surface area contributed by atoms with Crippen LogP contribution < -0.4 is 40.0 Å². The van der Waals surface area contributed by atoms with Crippen LogP contribution in [0.2, 0.25) is 0 Å². The Bertz CT molecular complexity index is 839. The molecule has 144 valence electrons. The number of aryl methyl sites for hydroxylation is 2. The molecule has 1 fully saturated rings. The van der Waals surface area contributed by atoms with Crippen LogP contribution in [0.1, 0.15) is 68.7 Å². The predicted molar refractivity (Wildman–Crippen MR) is 105 cm³/mol. The molecule has 0 unspecified atom stereocenters. The summed E-state index contributed by atoms with van der Waals surface area (Å²) in [4.78, 5) is 12.9. The Morgan fingerprint density at radius 3 is 2.54 bits per heavy atom. The average Bonchev–Trinajstić information content (AvgIpc) is 2.87. The molecule has 1 saturated carbocycles. The minimum absolute atomic E-state index is 0. The maximum atomic E-state index is 13.4. The molecule has 1 aliphatic heterocycles. The van der Waals surface area contributed by atoms with Crippen molar-refractivity contribution in [2.45, 2.75) is 71.4 Å². The van der Waals surface area contributed by atoms with Crippen LogP contribution in [-0.4, -0.2) is 24.2 Å². The molecule has 0 saturated heterocycles. The van der Waals surface area contributed by atoms with Gasteiger partial charge in [-0.25, -0.2) is 0 Å². The van der Waals surface area contributed by atoms with Crippen molar-refractivity contribution in [1.29, 1.82) is 0 Å². The monoisotopic (exact) mass is 389 g/mol. The maximum Gasteiger partial charge on any atom is 1.00 e. The summed E-state index contributed by atoms with van der Waals surface area (Å²) in [5.74, 6) is 5.71. The smallest absolute Gasteiger partial charge is 0.873 e. The molecule has 3 rings (SSSR count). The number of amides is 1. The standard InChI is InChI=1S/C23H29NO3.Na/c1-5-8-16-13-15(4)19(17(6-2)14-16)20-21(25)23(24-22(20)26)11-9-18(10-12-23)27-7-3;/h13-14,18,25H,6-7,9-12H2,1-4H3,(H,24,26);/q;+1/p-1. The molecule has 5 heteroatoms. The number of hydrogen-bond acceptors (Lipinski definition) is 3. The van der Waals surface area contributed by atoms with E-state index in [1.54, 1.807) is 6.92 Å². The van der Waals surface area contributed by atoms with Gasteiger partial charge in [0.25, 0.3) is 5.91 Å². The van der Waals surface area contributed by atoms with Crippen LogP contribution in [0.25, 0.3) is 5.57 Å². The van der Waals surface area contributed by atoms with Crippen molar-refractivity contribution >= 4 is 11.5 Å². The largest absolute Gasteiger partial charge is 1.00 e. The number of ether oxygens (including phenoxy) is 1. The van der Waals surface area contributed by atoms with Crippen LogP contribution in [0, 0.1) is 18.8 Å². The van der Waals surface area contributed by atoms with Crippen molar-refractivity contribution in [1.82, 2.24) is 5.32 Å². The fourth-order valence-corrected chi connectivity index (χ4v) is 4.46. The molecule has 28 heavy (non-hydrogen) atoms. The number of benzene rings is 1. The Kier molecular flexibility index (Phi) is 7.81. The van der Waals surface area contributed by atoms with Gasteiger partial charge in [0.05, 0.1) is 11.6 Å². The first-order valence-corrected chi connectivity index (χ1v) is 9.88. The minimum atomic E-state index is -0.751. The van der Waals surface area contributed by atoms with Gasteiger partial charge in [-0.15, -0.1) is 5.92 Å². The Balaban J connectivity index is 0.00000280. The fraction of sp³-hybridized carbons (Fsp3) is 0.522. The average molecular weight is 389 g/mol. The van der Waals surface area contributed by atoms with Gasteiger partial charge in [-0.2, -0.15) is 0 Å². The van der Waals surface area contributed by atoms with Crippen molar-refractivity contribution in [3.8, 4) is 11.8 Å². The Labute approximate surface area is 190 Å². The van der Waals surface area contributed by atoms with E-state index in [1.165, 1.54) is 0 Å². The number of hydrogen-bond donors (Lipinski definition) is 1. The Hall–Kier alpha value is -1.25. The third kappa shape index (κ3) is 4.19. The predicted octanol–water partition coefficient (Wildman–Crippen LogP) is -0.148. The second-order valence-corrected chi connectivity index (χ2v) is 7.45. The van der Waals surface area contributed by atoms with E-state index in [1.807, 2.05) is 32.9 Å². The summed E-state index contributed by atoms with van der Waals surface area (Å²) in [6, 6.07) is 3.97. The zero-order valence-corrected chi connectivity index (χ0v) is 19.7. The molecule has 1 amide bonds. The van der Waals surface area contributed by atoms with E-state index in [-0.39, 0.29) is 47.3 Å². The van der Waals surface area contributed by atoms with E-state index in [9.17, 15) is 9.90 Å². The molecule has 0 atom stereocenters. The Morgan fingerprint density at radius 1 is 1.29 bits per heavy atom. The normalized spacial score (nSPS) is 23.9. The molecular weight excluding hydrogens is 361 g/mol. The van der Waals surface area contributed by atoms with Gasteiger partial charge in [0.15, 0.2) is 0 Å². The van der Waals surface area contributed by atoms with Gasteiger partial charge in [0, 0.05) is 17.7 Å². The first kappa shape index (κ1) is 23.0. The number of carbonyl (C=O) groups excluding carboxylic acids is 1. The van der Waals surface area contributed by atoms with E-state index in [4.69, 9.17) is 4.74 Å². The Morgan fingerprint density at radius 2 is 1.96 bits per heavy atom. The molecule has 0 aromatic heterocycles. The van der Waals surface area contributed by atoms with E-state index in [2.05, 4.69) is 17.2 Å². The second kappa shape index (κ2) is 9.50. The van der Waals surface area contributed by atoms with Crippen LogP contribution in [0.4, 0.5) is 0 Å². The van der Waals surface area contributed by atoms with Crippen molar-refractivity contribution in [2.24, 2.45) is 0 Å². The van der Waals surface area contributed by atoms with Gasteiger partial charge in [-0.1, -0.05) is 18.6 Å². The topological polar surface area (TPSA) is 61.4 Å². The molecule has 1 aromatic carbocycles. The van der Waals surface area contributed by atoms with Gasteiger partial charge in [-0.05, 0) is 81.7 Å². The van der Waals surface area contributed by atoms with Crippen LogP contribution >= 0.6 is 0 Å².